The Kier molecular flexibility index (Phi) is 4.41. The van der Waals surface area contributed by atoms with Gasteiger partial charge >= 0.3 is 0 Å². The van der Waals surface area contributed by atoms with Crippen molar-refractivity contribution in [2.45, 2.75) is 46.6 Å². The molecule has 0 saturated heterocycles. The molecule has 2 aromatic rings. The molecule has 132 valence electrons. The van der Waals surface area contributed by atoms with E-state index in [1.54, 1.807) is 24.3 Å². The molecule has 5 nitrogen and oxygen atoms in total. The topological polar surface area (TPSA) is 71.3 Å². The van der Waals surface area contributed by atoms with Crippen molar-refractivity contribution in [1.82, 2.24) is 5.32 Å². The number of hydrogen-bond acceptors (Lipinski definition) is 3. The first-order chi connectivity index (χ1) is 11.7. The maximum Gasteiger partial charge on any atom is 0.251 e. The predicted molar refractivity (Wildman–Crippen MR) is 96.5 cm³/mol. The second-order valence-corrected chi connectivity index (χ2v) is 7.57. The standard InChI is InChI=1S/C20H24N2O3/c1-12-8-16-17(10-20(3,4)11-18(16)25-12)22-19(24)14-6-5-7-15(9-14)21-13(2)23/h5-9,17H,10-11H2,1-4H3,(H,21,23)(H,22,24)/t17-/m0/s1. The lowest BCUT2D eigenvalue weighted by molar-refractivity contribution is -0.114. The fourth-order valence-corrected chi connectivity index (χ4v) is 3.50. The van der Waals surface area contributed by atoms with Crippen molar-refractivity contribution in [1.29, 1.82) is 0 Å². The number of fused-ring (bicyclic) bond motifs is 1. The molecule has 0 saturated carbocycles. The van der Waals surface area contributed by atoms with Crippen LogP contribution in [0.5, 0.6) is 0 Å². The van der Waals surface area contributed by atoms with E-state index in [1.165, 1.54) is 6.92 Å². The van der Waals surface area contributed by atoms with Crippen LogP contribution in [0.4, 0.5) is 5.69 Å². The molecule has 3 rings (SSSR count). The highest BCUT2D eigenvalue weighted by atomic mass is 16.3. The van der Waals surface area contributed by atoms with Gasteiger partial charge in [0, 0.05) is 30.2 Å². The molecule has 0 unspecified atom stereocenters. The van der Waals surface area contributed by atoms with Gasteiger partial charge in [0.1, 0.15) is 11.5 Å². The molecule has 1 aliphatic carbocycles. The fraction of sp³-hybridized carbons (Fsp3) is 0.400. The summed E-state index contributed by atoms with van der Waals surface area (Å²) in [5, 5.41) is 5.83. The van der Waals surface area contributed by atoms with E-state index in [1.807, 2.05) is 13.0 Å². The minimum absolute atomic E-state index is 0.0628. The SMILES string of the molecule is CC(=O)Nc1cccc(C(=O)N[C@H]2CC(C)(C)Cc3oc(C)cc32)c1. The van der Waals surface area contributed by atoms with Crippen molar-refractivity contribution >= 4 is 17.5 Å². The van der Waals surface area contributed by atoms with Crippen molar-refractivity contribution in [3.63, 3.8) is 0 Å². The molecule has 1 aliphatic rings. The van der Waals surface area contributed by atoms with Crippen LogP contribution >= 0.6 is 0 Å². The number of benzene rings is 1. The average molecular weight is 340 g/mol. The van der Waals surface area contributed by atoms with Gasteiger partial charge in [0.15, 0.2) is 0 Å². The highest BCUT2D eigenvalue weighted by Crippen LogP contribution is 2.42. The van der Waals surface area contributed by atoms with E-state index in [9.17, 15) is 9.59 Å². The lowest BCUT2D eigenvalue weighted by Crippen LogP contribution is -2.36. The average Bonchev–Trinajstić information content (AvgIpc) is 2.85. The Morgan fingerprint density at radius 1 is 1.24 bits per heavy atom. The van der Waals surface area contributed by atoms with Gasteiger partial charge in [-0.3, -0.25) is 9.59 Å². The normalized spacial score (nSPS) is 18.3. The van der Waals surface area contributed by atoms with Crippen LogP contribution < -0.4 is 10.6 Å². The third-order valence-corrected chi connectivity index (χ3v) is 4.49. The molecular weight excluding hydrogens is 316 g/mol. The predicted octanol–water partition coefficient (Wildman–Crippen LogP) is 3.99. The Labute approximate surface area is 147 Å². The smallest absolute Gasteiger partial charge is 0.251 e. The van der Waals surface area contributed by atoms with Crippen LogP contribution in [0.25, 0.3) is 0 Å². The van der Waals surface area contributed by atoms with Crippen molar-refractivity contribution < 1.29 is 14.0 Å². The van der Waals surface area contributed by atoms with Crippen LogP contribution in [-0.2, 0) is 11.2 Å². The van der Waals surface area contributed by atoms with Gasteiger partial charge in [-0.1, -0.05) is 19.9 Å². The van der Waals surface area contributed by atoms with Gasteiger partial charge in [-0.25, -0.2) is 0 Å². The number of amides is 2. The van der Waals surface area contributed by atoms with E-state index in [0.717, 1.165) is 29.9 Å². The first kappa shape index (κ1) is 17.3. The summed E-state index contributed by atoms with van der Waals surface area (Å²) in [7, 11) is 0. The Balaban J connectivity index is 1.82. The molecule has 0 fully saturated rings. The van der Waals surface area contributed by atoms with Crippen LogP contribution in [0.2, 0.25) is 0 Å². The monoisotopic (exact) mass is 340 g/mol. The van der Waals surface area contributed by atoms with E-state index >= 15 is 0 Å². The summed E-state index contributed by atoms with van der Waals surface area (Å²) < 4.78 is 5.82. The maximum atomic E-state index is 12.7. The van der Waals surface area contributed by atoms with E-state index in [0.29, 0.717) is 11.3 Å². The highest BCUT2D eigenvalue weighted by Gasteiger charge is 2.35. The lowest BCUT2D eigenvalue weighted by Gasteiger charge is -2.34. The van der Waals surface area contributed by atoms with Gasteiger partial charge in [0.25, 0.3) is 5.91 Å². The molecule has 1 atom stereocenters. The largest absolute Gasteiger partial charge is 0.466 e. The molecular formula is C20H24N2O3. The first-order valence-corrected chi connectivity index (χ1v) is 8.51. The zero-order valence-corrected chi connectivity index (χ0v) is 15.1. The minimum Gasteiger partial charge on any atom is -0.466 e. The summed E-state index contributed by atoms with van der Waals surface area (Å²) in [6.45, 7) is 7.75. The van der Waals surface area contributed by atoms with E-state index in [-0.39, 0.29) is 23.3 Å². The number of aryl methyl sites for hydroxylation is 1. The van der Waals surface area contributed by atoms with Gasteiger partial charge < -0.3 is 15.1 Å². The zero-order chi connectivity index (χ0) is 18.2. The number of anilines is 1. The third-order valence-electron chi connectivity index (χ3n) is 4.49. The van der Waals surface area contributed by atoms with E-state index < -0.39 is 0 Å². The van der Waals surface area contributed by atoms with Crippen molar-refractivity contribution in [3.8, 4) is 0 Å². The molecule has 0 aliphatic heterocycles. The van der Waals surface area contributed by atoms with Crippen LogP contribution in [0, 0.1) is 12.3 Å². The van der Waals surface area contributed by atoms with Crippen LogP contribution in [0.15, 0.2) is 34.7 Å². The third kappa shape index (κ3) is 3.92. The lowest BCUT2D eigenvalue weighted by atomic mass is 9.74. The second-order valence-electron chi connectivity index (χ2n) is 7.57. The zero-order valence-electron chi connectivity index (χ0n) is 15.1. The van der Waals surface area contributed by atoms with Crippen molar-refractivity contribution in [3.05, 3.63) is 53.0 Å². The van der Waals surface area contributed by atoms with Gasteiger partial charge in [0.05, 0.1) is 6.04 Å². The van der Waals surface area contributed by atoms with Gasteiger partial charge in [-0.2, -0.15) is 0 Å². The van der Waals surface area contributed by atoms with Crippen molar-refractivity contribution in [2.24, 2.45) is 5.41 Å². The quantitative estimate of drug-likeness (QED) is 0.887. The summed E-state index contributed by atoms with van der Waals surface area (Å²) in [5.74, 6) is 1.52. The molecule has 25 heavy (non-hydrogen) atoms. The number of furan rings is 1. The maximum absolute atomic E-state index is 12.7. The molecule has 0 radical (unpaired) electrons. The number of carbonyl (C=O) groups is 2. The Morgan fingerprint density at radius 3 is 2.72 bits per heavy atom. The van der Waals surface area contributed by atoms with Gasteiger partial charge in [-0.15, -0.1) is 0 Å². The molecule has 1 aromatic carbocycles. The summed E-state index contributed by atoms with van der Waals surface area (Å²) in [4.78, 5) is 23.9. The molecule has 2 amide bonds. The van der Waals surface area contributed by atoms with Gasteiger partial charge in [-0.05, 0) is 43.0 Å². The molecule has 2 N–H and O–H groups in total. The molecule has 1 aromatic heterocycles. The van der Waals surface area contributed by atoms with Crippen molar-refractivity contribution in [2.75, 3.05) is 5.32 Å². The Bertz CT molecular complexity index is 820. The second kappa shape index (κ2) is 6.39. The Hall–Kier alpha value is -2.56. The minimum atomic E-state index is -0.162. The number of nitrogens with one attached hydrogen (secondary N) is 2. The van der Waals surface area contributed by atoms with Crippen LogP contribution in [-0.4, -0.2) is 11.8 Å². The summed E-state index contributed by atoms with van der Waals surface area (Å²) >= 11 is 0. The summed E-state index contributed by atoms with van der Waals surface area (Å²) in [5.41, 5.74) is 2.27. The summed E-state index contributed by atoms with van der Waals surface area (Å²) in [6, 6.07) is 8.90. The number of carbonyl (C=O) groups excluding carboxylic acids is 2. The molecule has 5 heteroatoms. The van der Waals surface area contributed by atoms with Crippen LogP contribution in [0.1, 0.15) is 60.7 Å². The molecule has 0 spiro atoms. The molecule has 0 bridgehead atoms. The van der Waals surface area contributed by atoms with E-state index in [4.69, 9.17) is 4.42 Å². The van der Waals surface area contributed by atoms with Gasteiger partial charge in [0.2, 0.25) is 5.91 Å². The Morgan fingerprint density at radius 2 is 2.00 bits per heavy atom. The first-order valence-electron chi connectivity index (χ1n) is 8.51. The highest BCUT2D eigenvalue weighted by molar-refractivity contribution is 5.97. The number of hydrogen-bond donors (Lipinski definition) is 2. The van der Waals surface area contributed by atoms with E-state index in [2.05, 4.69) is 24.5 Å². The fourth-order valence-electron chi connectivity index (χ4n) is 3.50. The summed E-state index contributed by atoms with van der Waals surface area (Å²) in [6.07, 6.45) is 1.73. The molecule has 1 heterocycles. The van der Waals surface area contributed by atoms with Crippen LogP contribution in [0.3, 0.4) is 0 Å². The number of rotatable bonds is 3.